The number of methoxy groups -OCH3 is 1. The average molecular weight is 235 g/mol. The molecule has 1 saturated heterocycles. The van der Waals surface area contributed by atoms with E-state index in [1.807, 2.05) is 0 Å². The Bertz CT molecular complexity index is 434. The second-order valence-electron chi connectivity index (χ2n) is 4.31. The van der Waals surface area contributed by atoms with E-state index in [2.05, 4.69) is 16.8 Å². The van der Waals surface area contributed by atoms with Crippen molar-refractivity contribution in [3.63, 3.8) is 0 Å². The number of carbonyl (C=O) groups excluding carboxylic acids is 1. The molecule has 1 aliphatic heterocycles. The Morgan fingerprint density at radius 3 is 3.00 bits per heavy atom. The molecular weight excluding hydrogens is 218 g/mol. The quantitative estimate of drug-likeness (QED) is 0.785. The molecule has 1 unspecified atom stereocenters. The molecule has 1 atom stereocenters. The first-order chi connectivity index (χ1) is 8.13. The van der Waals surface area contributed by atoms with Crippen LogP contribution >= 0.6 is 0 Å². The van der Waals surface area contributed by atoms with E-state index >= 15 is 0 Å². The lowest BCUT2D eigenvalue weighted by atomic mass is 10.2. The average Bonchev–Trinajstić information content (AvgIpc) is 2.75. The fourth-order valence-electron chi connectivity index (χ4n) is 2.17. The summed E-state index contributed by atoms with van der Waals surface area (Å²) in [6, 6.07) is 2.17. The first-order valence-electron chi connectivity index (χ1n) is 5.74. The van der Waals surface area contributed by atoms with Crippen LogP contribution in [0.5, 0.6) is 0 Å². The molecule has 0 aromatic carbocycles. The lowest BCUT2D eigenvalue weighted by molar-refractivity contribution is 0.0602. The van der Waals surface area contributed by atoms with Gasteiger partial charge in [0, 0.05) is 12.6 Å². The van der Waals surface area contributed by atoms with Crippen LogP contribution in [0.4, 0.5) is 11.5 Å². The minimum absolute atomic E-state index is 0.354. The van der Waals surface area contributed by atoms with Crippen LogP contribution in [-0.4, -0.2) is 30.6 Å². The number of hydrogen-bond donors (Lipinski definition) is 1. The van der Waals surface area contributed by atoms with Gasteiger partial charge in [-0.3, -0.25) is 0 Å². The number of ether oxygens (including phenoxy) is 1. The van der Waals surface area contributed by atoms with Crippen molar-refractivity contribution in [1.82, 2.24) is 4.98 Å². The predicted octanol–water partition coefficient (Wildman–Crippen LogP) is 1.44. The lowest BCUT2D eigenvalue weighted by Gasteiger charge is -2.23. The van der Waals surface area contributed by atoms with Gasteiger partial charge >= 0.3 is 5.97 Å². The van der Waals surface area contributed by atoms with Crippen molar-refractivity contribution in [2.45, 2.75) is 25.8 Å². The zero-order valence-corrected chi connectivity index (χ0v) is 10.1. The van der Waals surface area contributed by atoms with Crippen LogP contribution in [0.15, 0.2) is 12.3 Å². The molecule has 1 fully saturated rings. The van der Waals surface area contributed by atoms with E-state index in [4.69, 9.17) is 10.5 Å². The maximum Gasteiger partial charge on any atom is 0.340 e. The zero-order valence-electron chi connectivity index (χ0n) is 10.1. The molecule has 0 bridgehead atoms. The number of pyridine rings is 1. The van der Waals surface area contributed by atoms with E-state index in [0.717, 1.165) is 25.2 Å². The summed E-state index contributed by atoms with van der Waals surface area (Å²) in [5, 5.41) is 0. The van der Waals surface area contributed by atoms with Gasteiger partial charge in [-0.15, -0.1) is 0 Å². The third kappa shape index (κ3) is 2.18. The summed E-state index contributed by atoms with van der Waals surface area (Å²) in [7, 11) is 1.35. The molecule has 0 amide bonds. The second-order valence-corrected chi connectivity index (χ2v) is 4.31. The van der Waals surface area contributed by atoms with E-state index in [9.17, 15) is 4.79 Å². The highest BCUT2D eigenvalue weighted by molar-refractivity contribution is 5.95. The summed E-state index contributed by atoms with van der Waals surface area (Å²) in [5.41, 5.74) is 6.46. The molecule has 1 aromatic rings. The van der Waals surface area contributed by atoms with Crippen molar-refractivity contribution >= 4 is 17.5 Å². The Labute approximate surface area is 101 Å². The first kappa shape index (κ1) is 11.7. The molecule has 0 spiro atoms. The van der Waals surface area contributed by atoms with Gasteiger partial charge in [0.05, 0.1) is 24.6 Å². The van der Waals surface area contributed by atoms with Crippen molar-refractivity contribution in [3.8, 4) is 0 Å². The van der Waals surface area contributed by atoms with Gasteiger partial charge in [0.25, 0.3) is 0 Å². The summed E-state index contributed by atoms with van der Waals surface area (Å²) in [6.45, 7) is 3.13. The topological polar surface area (TPSA) is 68.5 Å². The molecule has 92 valence electrons. The van der Waals surface area contributed by atoms with Crippen molar-refractivity contribution < 1.29 is 9.53 Å². The molecule has 17 heavy (non-hydrogen) atoms. The van der Waals surface area contributed by atoms with Crippen LogP contribution < -0.4 is 10.6 Å². The van der Waals surface area contributed by atoms with Crippen LogP contribution in [0.3, 0.4) is 0 Å². The standard InChI is InChI=1S/C12H17N3O2/c1-8-4-3-5-15(8)11-6-9(12(16)17-2)10(13)7-14-11/h6-8H,3-5,13H2,1-2H3. The minimum Gasteiger partial charge on any atom is -0.465 e. The van der Waals surface area contributed by atoms with E-state index in [-0.39, 0.29) is 0 Å². The van der Waals surface area contributed by atoms with Gasteiger partial charge in [0.1, 0.15) is 5.82 Å². The monoisotopic (exact) mass is 235 g/mol. The Hall–Kier alpha value is -1.78. The summed E-state index contributed by atoms with van der Waals surface area (Å²) in [6.07, 6.45) is 3.83. The molecule has 2 N–H and O–H groups in total. The summed E-state index contributed by atoms with van der Waals surface area (Å²) >= 11 is 0. The smallest absolute Gasteiger partial charge is 0.340 e. The summed E-state index contributed by atoms with van der Waals surface area (Å²) < 4.78 is 4.70. The van der Waals surface area contributed by atoms with Crippen LogP contribution in [0, 0.1) is 0 Å². The van der Waals surface area contributed by atoms with Crippen molar-refractivity contribution in [2.24, 2.45) is 0 Å². The number of nitrogen functional groups attached to an aromatic ring is 1. The van der Waals surface area contributed by atoms with Crippen LogP contribution in [0.2, 0.25) is 0 Å². The molecule has 5 nitrogen and oxygen atoms in total. The van der Waals surface area contributed by atoms with Crippen LogP contribution in [0.25, 0.3) is 0 Å². The van der Waals surface area contributed by atoms with Crippen LogP contribution in [0.1, 0.15) is 30.1 Å². The Morgan fingerprint density at radius 2 is 2.41 bits per heavy atom. The highest BCUT2D eigenvalue weighted by Crippen LogP contribution is 2.26. The molecule has 0 radical (unpaired) electrons. The number of nitrogens with two attached hydrogens (primary N) is 1. The van der Waals surface area contributed by atoms with E-state index in [1.54, 1.807) is 6.07 Å². The highest BCUT2D eigenvalue weighted by Gasteiger charge is 2.23. The number of hydrogen-bond acceptors (Lipinski definition) is 5. The third-order valence-electron chi connectivity index (χ3n) is 3.17. The van der Waals surface area contributed by atoms with Crippen molar-refractivity contribution in [2.75, 3.05) is 24.3 Å². The van der Waals surface area contributed by atoms with Gasteiger partial charge < -0.3 is 15.4 Å². The Balaban J connectivity index is 2.33. The molecule has 2 heterocycles. The molecule has 0 aliphatic carbocycles. The van der Waals surface area contributed by atoms with Gasteiger partial charge in [0.15, 0.2) is 0 Å². The lowest BCUT2D eigenvalue weighted by Crippen LogP contribution is -2.27. The molecule has 0 saturated carbocycles. The summed E-state index contributed by atoms with van der Waals surface area (Å²) in [5.74, 6) is 0.377. The fraction of sp³-hybridized carbons (Fsp3) is 0.500. The Kier molecular flexibility index (Phi) is 3.17. The van der Waals surface area contributed by atoms with Crippen LogP contribution in [-0.2, 0) is 4.74 Å². The third-order valence-corrected chi connectivity index (χ3v) is 3.17. The van der Waals surface area contributed by atoms with E-state index in [1.165, 1.54) is 13.3 Å². The number of anilines is 2. The maximum absolute atomic E-state index is 11.5. The normalized spacial score (nSPS) is 19.4. The molecule has 5 heteroatoms. The maximum atomic E-state index is 11.5. The van der Waals surface area contributed by atoms with E-state index in [0.29, 0.717) is 17.3 Å². The largest absolute Gasteiger partial charge is 0.465 e. The van der Waals surface area contributed by atoms with Gasteiger partial charge in [-0.2, -0.15) is 0 Å². The molecule has 1 aromatic heterocycles. The van der Waals surface area contributed by atoms with E-state index < -0.39 is 5.97 Å². The first-order valence-corrected chi connectivity index (χ1v) is 5.74. The number of esters is 1. The second kappa shape index (κ2) is 4.61. The SMILES string of the molecule is COC(=O)c1cc(N2CCCC2C)ncc1N. The fourth-order valence-corrected chi connectivity index (χ4v) is 2.17. The number of nitrogens with zero attached hydrogens (tertiary/aromatic N) is 2. The van der Waals surface area contributed by atoms with Gasteiger partial charge in [-0.1, -0.05) is 0 Å². The van der Waals surface area contributed by atoms with Gasteiger partial charge in [-0.25, -0.2) is 9.78 Å². The molecule has 2 rings (SSSR count). The zero-order chi connectivity index (χ0) is 12.4. The van der Waals surface area contributed by atoms with Crippen molar-refractivity contribution in [3.05, 3.63) is 17.8 Å². The number of aromatic nitrogens is 1. The minimum atomic E-state index is -0.419. The Morgan fingerprint density at radius 1 is 1.65 bits per heavy atom. The van der Waals surface area contributed by atoms with Gasteiger partial charge in [0.2, 0.25) is 0 Å². The predicted molar refractivity (Wildman–Crippen MR) is 66.0 cm³/mol. The number of rotatable bonds is 2. The summed E-state index contributed by atoms with van der Waals surface area (Å²) in [4.78, 5) is 18.0. The highest BCUT2D eigenvalue weighted by atomic mass is 16.5. The molecule has 1 aliphatic rings. The number of carbonyl (C=O) groups is 1. The van der Waals surface area contributed by atoms with Gasteiger partial charge in [-0.05, 0) is 25.8 Å². The van der Waals surface area contributed by atoms with Crippen molar-refractivity contribution in [1.29, 1.82) is 0 Å². The molecular formula is C12H17N3O2.